The third-order valence-electron chi connectivity index (χ3n) is 1.98. The second-order valence-electron chi connectivity index (χ2n) is 3.31. The molecule has 1 N–H and O–H groups in total. The molecule has 0 unspecified atom stereocenters. The number of amides is 1. The number of aliphatic imine (C=N–C) groups is 1. The number of aryl methyl sites for hydroxylation is 1. The highest BCUT2D eigenvalue weighted by Gasteiger charge is 2.08. The SMILES string of the molecule is Cc1ccc(/C=C/C(=O)NC2=NCCS2)o1. The van der Waals surface area contributed by atoms with E-state index in [1.54, 1.807) is 17.8 Å². The summed E-state index contributed by atoms with van der Waals surface area (Å²) in [5, 5.41) is 3.40. The van der Waals surface area contributed by atoms with Gasteiger partial charge in [-0.3, -0.25) is 9.79 Å². The topological polar surface area (TPSA) is 54.6 Å². The number of nitrogens with zero attached hydrogens (tertiary/aromatic N) is 1. The molecule has 1 aliphatic heterocycles. The van der Waals surface area contributed by atoms with Gasteiger partial charge in [0.25, 0.3) is 0 Å². The lowest BCUT2D eigenvalue weighted by atomic mass is 10.4. The molecule has 84 valence electrons. The fourth-order valence-corrected chi connectivity index (χ4v) is 1.99. The molecule has 0 aromatic carbocycles. The van der Waals surface area contributed by atoms with Crippen molar-refractivity contribution in [2.24, 2.45) is 4.99 Å². The first kappa shape index (κ1) is 11.0. The predicted octanol–water partition coefficient (Wildman–Crippen LogP) is 1.82. The molecular formula is C11H12N2O2S. The van der Waals surface area contributed by atoms with Crippen LogP contribution in [0.3, 0.4) is 0 Å². The highest BCUT2D eigenvalue weighted by molar-refractivity contribution is 8.14. The summed E-state index contributed by atoms with van der Waals surface area (Å²) in [5.74, 6) is 2.27. The van der Waals surface area contributed by atoms with Crippen molar-refractivity contribution >= 4 is 28.9 Å². The molecule has 1 aromatic rings. The van der Waals surface area contributed by atoms with E-state index in [-0.39, 0.29) is 5.91 Å². The average molecular weight is 236 g/mol. The highest BCUT2D eigenvalue weighted by atomic mass is 32.2. The largest absolute Gasteiger partial charge is 0.462 e. The van der Waals surface area contributed by atoms with Gasteiger partial charge in [0.15, 0.2) is 5.17 Å². The van der Waals surface area contributed by atoms with Gasteiger partial charge in [-0.2, -0.15) is 0 Å². The standard InChI is InChI=1S/C11H12N2O2S/c1-8-2-3-9(15-8)4-5-10(14)13-11-12-6-7-16-11/h2-5H,6-7H2,1H3,(H,12,13,14)/b5-4+. The third kappa shape index (κ3) is 3.00. The molecule has 4 nitrogen and oxygen atoms in total. The van der Waals surface area contributed by atoms with Gasteiger partial charge < -0.3 is 9.73 Å². The lowest BCUT2D eigenvalue weighted by Gasteiger charge is -1.97. The Kier molecular flexibility index (Phi) is 3.46. The molecule has 1 aromatic heterocycles. The number of nitrogens with one attached hydrogen (secondary N) is 1. The van der Waals surface area contributed by atoms with Crippen LogP contribution in [0.25, 0.3) is 6.08 Å². The number of amidine groups is 1. The Morgan fingerprint density at radius 1 is 1.62 bits per heavy atom. The molecule has 0 aliphatic carbocycles. The van der Waals surface area contributed by atoms with Gasteiger partial charge in [0.2, 0.25) is 5.91 Å². The van der Waals surface area contributed by atoms with E-state index in [0.717, 1.165) is 18.1 Å². The fraction of sp³-hybridized carbons (Fsp3) is 0.273. The normalized spacial score (nSPS) is 15.4. The molecule has 0 saturated heterocycles. The van der Waals surface area contributed by atoms with Crippen LogP contribution in [0.1, 0.15) is 11.5 Å². The molecule has 0 spiro atoms. The van der Waals surface area contributed by atoms with E-state index >= 15 is 0 Å². The van der Waals surface area contributed by atoms with E-state index in [2.05, 4.69) is 10.3 Å². The van der Waals surface area contributed by atoms with E-state index in [1.807, 2.05) is 19.1 Å². The minimum Gasteiger partial charge on any atom is -0.462 e. The van der Waals surface area contributed by atoms with Crippen molar-refractivity contribution in [3.63, 3.8) is 0 Å². The molecular weight excluding hydrogens is 224 g/mol. The first-order chi connectivity index (χ1) is 7.74. The van der Waals surface area contributed by atoms with Crippen LogP contribution in [0.5, 0.6) is 0 Å². The summed E-state index contributed by atoms with van der Waals surface area (Å²) in [5.41, 5.74) is 0. The second kappa shape index (κ2) is 5.03. The maximum Gasteiger partial charge on any atom is 0.250 e. The van der Waals surface area contributed by atoms with Gasteiger partial charge in [-0.1, -0.05) is 11.8 Å². The highest BCUT2D eigenvalue weighted by Crippen LogP contribution is 2.10. The van der Waals surface area contributed by atoms with E-state index in [9.17, 15) is 4.79 Å². The summed E-state index contributed by atoms with van der Waals surface area (Å²) in [6.07, 6.45) is 3.09. The molecule has 0 atom stereocenters. The molecule has 1 aliphatic rings. The number of thioether (sulfide) groups is 1. The zero-order valence-corrected chi connectivity index (χ0v) is 9.71. The minimum absolute atomic E-state index is 0.179. The molecule has 16 heavy (non-hydrogen) atoms. The smallest absolute Gasteiger partial charge is 0.250 e. The van der Waals surface area contributed by atoms with Crippen molar-refractivity contribution in [1.29, 1.82) is 0 Å². The zero-order valence-electron chi connectivity index (χ0n) is 8.90. The first-order valence-corrected chi connectivity index (χ1v) is 5.95. The summed E-state index contributed by atoms with van der Waals surface area (Å²) in [7, 11) is 0. The Morgan fingerprint density at radius 2 is 2.50 bits per heavy atom. The predicted molar refractivity (Wildman–Crippen MR) is 65.4 cm³/mol. The third-order valence-corrected chi connectivity index (χ3v) is 2.87. The molecule has 0 fully saturated rings. The maximum absolute atomic E-state index is 11.4. The molecule has 5 heteroatoms. The Hall–Kier alpha value is -1.49. The van der Waals surface area contributed by atoms with Crippen LogP contribution < -0.4 is 5.32 Å². The zero-order chi connectivity index (χ0) is 11.4. The molecule has 0 bridgehead atoms. The quantitative estimate of drug-likeness (QED) is 0.797. The van der Waals surface area contributed by atoms with Crippen molar-refractivity contribution in [3.8, 4) is 0 Å². The Labute approximate surface area is 97.8 Å². The maximum atomic E-state index is 11.4. The lowest BCUT2D eigenvalue weighted by Crippen LogP contribution is -2.25. The average Bonchev–Trinajstić information content (AvgIpc) is 2.87. The van der Waals surface area contributed by atoms with Gasteiger partial charge in [-0.25, -0.2) is 0 Å². The van der Waals surface area contributed by atoms with Crippen LogP contribution in [0.4, 0.5) is 0 Å². The lowest BCUT2D eigenvalue weighted by molar-refractivity contribution is -0.115. The molecule has 0 radical (unpaired) electrons. The number of carbonyl (C=O) groups is 1. The Balaban J connectivity index is 1.89. The monoisotopic (exact) mass is 236 g/mol. The number of rotatable bonds is 2. The van der Waals surface area contributed by atoms with Gasteiger partial charge >= 0.3 is 0 Å². The molecule has 2 rings (SSSR count). The first-order valence-electron chi connectivity index (χ1n) is 4.97. The van der Waals surface area contributed by atoms with E-state index in [1.165, 1.54) is 6.08 Å². The number of hydrogen-bond donors (Lipinski definition) is 1. The molecule has 1 amide bonds. The minimum atomic E-state index is -0.179. The van der Waals surface area contributed by atoms with Crippen LogP contribution in [0, 0.1) is 6.92 Å². The Bertz CT molecular complexity index is 449. The van der Waals surface area contributed by atoms with Gasteiger partial charge in [0.1, 0.15) is 11.5 Å². The summed E-state index contributed by atoms with van der Waals surface area (Å²) >= 11 is 1.56. The van der Waals surface area contributed by atoms with Crippen molar-refractivity contribution in [2.75, 3.05) is 12.3 Å². The second-order valence-corrected chi connectivity index (χ2v) is 4.39. The number of carbonyl (C=O) groups excluding carboxylic acids is 1. The van der Waals surface area contributed by atoms with Gasteiger partial charge in [-0.05, 0) is 25.1 Å². The summed E-state index contributed by atoms with van der Waals surface area (Å²) in [4.78, 5) is 15.6. The van der Waals surface area contributed by atoms with Crippen LogP contribution >= 0.6 is 11.8 Å². The van der Waals surface area contributed by atoms with Gasteiger partial charge in [-0.15, -0.1) is 0 Å². The Morgan fingerprint density at radius 3 is 3.12 bits per heavy atom. The number of hydrogen-bond acceptors (Lipinski definition) is 4. The number of furan rings is 1. The van der Waals surface area contributed by atoms with E-state index in [4.69, 9.17) is 4.42 Å². The van der Waals surface area contributed by atoms with Crippen LogP contribution in [-0.2, 0) is 4.79 Å². The molecule has 2 heterocycles. The summed E-state index contributed by atoms with van der Waals surface area (Å²) in [6.45, 7) is 2.64. The van der Waals surface area contributed by atoms with Crippen molar-refractivity contribution < 1.29 is 9.21 Å². The van der Waals surface area contributed by atoms with Crippen LogP contribution in [-0.4, -0.2) is 23.4 Å². The van der Waals surface area contributed by atoms with Crippen LogP contribution in [0.15, 0.2) is 27.6 Å². The van der Waals surface area contributed by atoms with Gasteiger partial charge in [0, 0.05) is 11.8 Å². The van der Waals surface area contributed by atoms with Crippen molar-refractivity contribution in [2.45, 2.75) is 6.92 Å². The van der Waals surface area contributed by atoms with Crippen molar-refractivity contribution in [1.82, 2.24) is 5.32 Å². The summed E-state index contributed by atoms with van der Waals surface area (Å²) in [6, 6.07) is 3.68. The summed E-state index contributed by atoms with van der Waals surface area (Å²) < 4.78 is 5.30. The van der Waals surface area contributed by atoms with Crippen molar-refractivity contribution in [3.05, 3.63) is 29.7 Å². The molecule has 0 saturated carbocycles. The fourth-order valence-electron chi connectivity index (χ4n) is 1.26. The van der Waals surface area contributed by atoms with E-state index < -0.39 is 0 Å². The van der Waals surface area contributed by atoms with Crippen LogP contribution in [0.2, 0.25) is 0 Å². The van der Waals surface area contributed by atoms with Gasteiger partial charge in [0.05, 0.1) is 6.54 Å². The van der Waals surface area contributed by atoms with E-state index in [0.29, 0.717) is 10.9 Å².